The topological polar surface area (TPSA) is 96.5 Å². The molecule has 0 spiro atoms. The van der Waals surface area contributed by atoms with Gasteiger partial charge >= 0.3 is 0 Å². The van der Waals surface area contributed by atoms with Gasteiger partial charge in [0.1, 0.15) is 0 Å². The molecule has 1 aromatic rings. The Balaban J connectivity index is 0.00000484. The third-order valence-electron chi connectivity index (χ3n) is 2.70. The Labute approximate surface area is 143 Å². The minimum atomic E-state index is -3.32. The van der Waals surface area contributed by atoms with Gasteiger partial charge in [-0.1, -0.05) is 12.1 Å². The number of methoxy groups -OCH3 is 1. The molecule has 0 heterocycles. The molecular formula is C14H24ClN3O4S. The maximum atomic E-state index is 11.8. The van der Waals surface area contributed by atoms with Crippen LogP contribution in [0, 0.1) is 0 Å². The summed E-state index contributed by atoms with van der Waals surface area (Å²) in [6.45, 7) is 2.58. The molecule has 0 bridgehead atoms. The molecule has 0 radical (unpaired) electrons. The fourth-order valence-corrected chi connectivity index (χ4v) is 2.35. The summed E-state index contributed by atoms with van der Waals surface area (Å²) in [6, 6.07) is 6.78. The van der Waals surface area contributed by atoms with Crippen molar-refractivity contribution in [2.45, 2.75) is 6.42 Å². The number of benzene rings is 1. The van der Waals surface area contributed by atoms with Crippen molar-refractivity contribution in [3.8, 4) is 0 Å². The number of ether oxygens (including phenoxy) is 1. The van der Waals surface area contributed by atoms with E-state index in [1.807, 2.05) is 0 Å². The van der Waals surface area contributed by atoms with Gasteiger partial charge in [0.15, 0.2) is 0 Å². The maximum Gasteiger partial charge on any atom is 0.229 e. The Bertz CT molecular complexity index is 581. The molecule has 132 valence electrons. The van der Waals surface area contributed by atoms with Crippen LogP contribution in [0.3, 0.4) is 0 Å². The van der Waals surface area contributed by atoms with Crippen molar-refractivity contribution in [2.75, 3.05) is 44.3 Å². The molecule has 1 amide bonds. The number of rotatable bonds is 10. The molecule has 0 fully saturated rings. The van der Waals surface area contributed by atoms with Gasteiger partial charge in [-0.25, -0.2) is 8.42 Å². The van der Waals surface area contributed by atoms with E-state index in [0.717, 1.165) is 18.4 Å². The molecule has 1 rings (SSSR count). The third kappa shape index (κ3) is 10.9. The zero-order chi connectivity index (χ0) is 16.4. The number of carbonyl (C=O) groups is 1. The second kappa shape index (κ2) is 11.2. The zero-order valence-corrected chi connectivity index (χ0v) is 14.9. The molecule has 0 aromatic heterocycles. The third-order valence-corrected chi connectivity index (χ3v) is 3.31. The van der Waals surface area contributed by atoms with Gasteiger partial charge in [-0.2, -0.15) is 0 Å². The first-order valence-corrected chi connectivity index (χ1v) is 8.83. The molecule has 9 heteroatoms. The van der Waals surface area contributed by atoms with Crippen LogP contribution in [0.2, 0.25) is 0 Å². The van der Waals surface area contributed by atoms with Crippen LogP contribution in [0.4, 0.5) is 5.69 Å². The van der Waals surface area contributed by atoms with Crippen LogP contribution >= 0.6 is 12.4 Å². The SMILES string of the molecule is COCCNCCNC(=O)Cc1cccc(NS(C)(=O)=O)c1.Cl. The second-order valence-electron chi connectivity index (χ2n) is 4.84. The summed E-state index contributed by atoms with van der Waals surface area (Å²) in [6.07, 6.45) is 1.29. The average molecular weight is 366 g/mol. The van der Waals surface area contributed by atoms with Gasteiger partial charge in [-0.05, 0) is 17.7 Å². The maximum absolute atomic E-state index is 11.8. The van der Waals surface area contributed by atoms with Crippen LogP contribution in [-0.4, -0.2) is 53.9 Å². The molecule has 0 unspecified atom stereocenters. The highest BCUT2D eigenvalue weighted by Gasteiger charge is 2.06. The van der Waals surface area contributed by atoms with Crippen molar-refractivity contribution >= 4 is 34.0 Å². The monoisotopic (exact) mass is 365 g/mol. The van der Waals surface area contributed by atoms with E-state index in [-0.39, 0.29) is 24.7 Å². The average Bonchev–Trinajstić information content (AvgIpc) is 2.41. The number of sulfonamides is 1. The van der Waals surface area contributed by atoms with Crippen LogP contribution in [-0.2, 0) is 26.0 Å². The lowest BCUT2D eigenvalue weighted by Gasteiger charge is -2.08. The van der Waals surface area contributed by atoms with Crippen LogP contribution < -0.4 is 15.4 Å². The first-order valence-electron chi connectivity index (χ1n) is 6.94. The number of carbonyl (C=O) groups excluding carboxylic acids is 1. The van der Waals surface area contributed by atoms with Gasteiger partial charge in [-0.15, -0.1) is 12.4 Å². The summed E-state index contributed by atoms with van der Waals surface area (Å²) < 4.78 is 29.6. The number of amides is 1. The van der Waals surface area contributed by atoms with Crippen molar-refractivity contribution in [3.05, 3.63) is 29.8 Å². The molecule has 1 aromatic carbocycles. The Morgan fingerprint density at radius 2 is 1.96 bits per heavy atom. The highest BCUT2D eigenvalue weighted by molar-refractivity contribution is 7.92. The second-order valence-corrected chi connectivity index (χ2v) is 6.59. The standard InChI is InChI=1S/C14H23N3O4S.ClH/c1-21-9-8-15-6-7-16-14(18)11-12-4-3-5-13(10-12)17-22(2,19)20;/h3-5,10,15,17H,6-9,11H2,1-2H3,(H,16,18);1H. The highest BCUT2D eigenvalue weighted by atomic mass is 35.5. The summed E-state index contributed by atoms with van der Waals surface area (Å²) in [5, 5.41) is 5.92. The zero-order valence-electron chi connectivity index (χ0n) is 13.3. The summed E-state index contributed by atoms with van der Waals surface area (Å²) in [5.74, 6) is -0.106. The van der Waals surface area contributed by atoms with Gasteiger partial charge in [-0.3, -0.25) is 9.52 Å². The van der Waals surface area contributed by atoms with E-state index in [0.29, 0.717) is 25.4 Å². The van der Waals surface area contributed by atoms with E-state index < -0.39 is 10.0 Å². The Morgan fingerprint density at radius 3 is 2.61 bits per heavy atom. The molecule has 0 aliphatic carbocycles. The summed E-state index contributed by atoms with van der Waals surface area (Å²) in [4.78, 5) is 11.8. The van der Waals surface area contributed by atoms with Crippen molar-refractivity contribution in [2.24, 2.45) is 0 Å². The largest absolute Gasteiger partial charge is 0.383 e. The van der Waals surface area contributed by atoms with E-state index in [1.54, 1.807) is 31.4 Å². The number of hydrogen-bond donors (Lipinski definition) is 3. The van der Waals surface area contributed by atoms with Gasteiger partial charge < -0.3 is 15.4 Å². The quantitative estimate of drug-likeness (QED) is 0.521. The number of nitrogens with one attached hydrogen (secondary N) is 3. The number of anilines is 1. The summed E-state index contributed by atoms with van der Waals surface area (Å²) in [5.41, 5.74) is 1.20. The van der Waals surface area contributed by atoms with E-state index >= 15 is 0 Å². The summed E-state index contributed by atoms with van der Waals surface area (Å²) in [7, 11) is -1.68. The van der Waals surface area contributed by atoms with E-state index in [4.69, 9.17) is 4.74 Å². The lowest BCUT2D eigenvalue weighted by molar-refractivity contribution is -0.120. The minimum absolute atomic E-state index is 0. The molecule has 3 N–H and O–H groups in total. The Hall–Kier alpha value is -1.35. The van der Waals surface area contributed by atoms with Crippen LogP contribution in [0.5, 0.6) is 0 Å². The fourth-order valence-electron chi connectivity index (χ4n) is 1.80. The fraction of sp³-hybridized carbons (Fsp3) is 0.500. The van der Waals surface area contributed by atoms with Crippen LogP contribution in [0.1, 0.15) is 5.56 Å². The van der Waals surface area contributed by atoms with Gasteiger partial charge in [0, 0.05) is 32.4 Å². The molecule has 0 aliphatic heterocycles. The lowest BCUT2D eigenvalue weighted by atomic mass is 10.1. The molecule has 7 nitrogen and oxygen atoms in total. The molecule has 0 saturated carbocycles. The van der Waals surface area contributed by atoms with Gasteiger partial charge in [0.25, 0.3) is 0 Å². The van der Waals surface area contributed by atoms with Crippen molar-refractivity contribution in [1.29, 1.82) is 0 Å². The number of hydrogen-bond acceptors (Lipinski definition) is 5. The molecule has 23 heavy (non-hydrogen) atoms. The van der Waals surface area contributed by atoms with E-state index in [2.05, 4.69) is 15.4 Å². The first kappa shape index (κ1) is 21.6. The summed E-state index contributed by atoms with van der Waals surface area (Å²) >= 11 is 0. The minimum Gasteiger partial charge on any atom is -0.383 e. The van der Waals surface area contributed by atoms with Gasteiger partial charge in [0.2, 0.25) is 15.9 Å². The molecule has 0 aliphatic rings. The van der Waals surface area contributed by atoms with Crippen LogP contribution in [0.15, 0.2) is 24.3 Å². The van der Waals surface area contributed by atoms with E-state index in [9.17, 15) is 13.2 Å². The normalized spacial score (nSPS) is 10.7. The predicted octanol–water partition coefficient (Wildman–Crippen LogP) is 0.375. The Morgan fingerprint density at radius 1 is 1.22 bits per heavy atom. The molecule has 0 saturated heterocycles. The van der Waals surface area contributed by atoms with Crippen LogP contribution in [0.25, 0.3) is 0 Å². The smallest absolute Gasteiger partial charge is 0.229 e. The van der Waals surface area contributed by atoms with Crippen molar-refractivity contribution in [1.82, 2.24) is 10.6 Å². The first-order chi connectivity index (χ1) is 10.4. The van der Waals surface area contributed by atoms with Gasteiger partial charge in [0.05, 0.1) is 19.3 Å². The van der Waals surface area contributed by atoms with E-state index in [1.165, 1.54) is 0 Å². The lowest BCUT2D eigenvalue weighted by Crippen LogP contribution is -2.33. The number of halogens is 1. The van der Waals surface area contributed by atoms with Crippen molar-refractivity contribution < 1.29 is 17.9 Å². The molecular weight excluding hydrogens is 342 g/mol. The van der Waals surface area contributed by atoms with Crippen molar-refractivity contribution in [3.63, 3.8) is 0 Å². The highest BCUT2D eigenvalue weighted by Crippen LogP contribution is 2.12. The Kier molecular flexibility index (Phi) is 10.6. The predicted molar refractivity (Wildman–Crippen MR) is 93.6 cm³/mol. The molecule has 0 atom stereocenters.